The van der Waals surface area contributed by atoms with Gasteiger partial charge in [0.2, 0.25) is 0 Å². The van der Waals surface area contributed by atoms with Crippen molar-refractivity contribution in [2.75, 3.05) is 6.61 Å². The van der Waals surface area contributed by atoms with Gasteiger partial charge < -0.3 is 19.7 Å². The standard InChI is InChI=1S/C29H40O6/c1-25(2)23(26(25,3)4)24-34-21-12-18-17-8-7-15-11-16(31)9-10-27(15,5)22(17)19(32)13-28(18,6)29(21,35-24)20(33)14-30/h9-11,17-19,21-24,30,32H,7-8,12-14H2,1-6H3/t17-,18-,19-,21+,22+,24?,27-,28-,29+/m0/s1. The highest BCUT2D eigenvalue weighted by atomic mass is 16.7. The molecule has 0 aromatic heterocycles. The number of hydrogen-bond donors (Lipinski definition) is 2. The van der Waals surface area contributed by atoms with E-state index in [4.69, 9.17) is 9.47 Å². The molecule has 1 heterocycles. The summed E-state index contributed by atoms with van der Waals surface area (Å²) in [5, 5.41) is 21.8. The number of aliphatic hydroxyl groups is 2. The lowest BCUT2D eigenvalue weighted by Crippen LogP contribution is -2.63. The third kappa shape index (κ3) is 2.65. The molecule has 6 rings (SSSR count). The summed E-state index contributed by atoms with van der Waals surface area (Å²) in [4.78, 5) is 25.7. The molecule has 6 heteroatoms. The van der Waals surface area contributed by atoms with Gasteiger partial charge in [0.1, 0.15) is 6.61 Å². The second kappa shape index (κ2) is 6.94. The number of ether oxygens (including phenoxy) is 2. The van der Waals surface area contributed by atoms with Crippen molar-refractivity contribution in [3.63, 3.8) is 0 Å². The molecule has 6 aliphatic rings. The van der Waals surface area contributed by atoms with Gasteiger partial charge in [-0.3, -0.25) is 9.59 Å². The minimum atomic E-state index is -1.24. The van der Waals surface area contributed by atoms with Gasteiger partial charge in [-0.15, -0.1) is 0 Å². The van der Waals surface area contributed by atoms with E-state index in [2.05, 4.69) is 41.5 Å². The fraction of sp³-hybridized carbons (Fsp3) is 0.793. The third-order valence-corrected chi connectivity index (χ3v) is 12.2. The van der Waals surface area contributed by atoms with E-state index in [9.17, 15) is 19.8 Å². The summed E-state index contributed by atoms with van der Waals surface area (Å²) in [7, 11) is 0. The molecule has 5 aliphatic carbocycles. The summed E-state index contributed by atoms with van der Waals surface area (Å²) in [6.07, 6.45) is 6.63. The van der Waals surface area contributed by atoms with Crippen LogP contribution in [0.5, 0.6) is 0 Å². The van der Waals surface area contributed by atoms with Crippen molar-refractivity contribution in [2.24, 2.45) is 45.3 Å². The number of ketones is 2. The van der Waals surface area contributed by atoms with Crippen molar-refractivity contribution >= 4 is 11.6 Å². The van der Waals surface area contributed by atoms with Crippen molar-refractivity contribution < 1.29 is 29.3 Å². The molecule has 2 N–H and O–H groups in total. The van der Waals surface area contributed by atoms with Gasteiger partial charge in [0.05, 0.1) is 12.2 Å². The van der Waals surface area contributed by atoms with E-state index in [1.165, 1.54) is 0 Å². The molecule has 35 heavy (non-hydrogen) atoms. The molecule has 0 bridgehead atoms. The predicted molar refractivity (Wildman–Crippen MR) is 129 cm³/mol. The molecule has 1 unspecified atom stereocenters. The molecule has 9 atom stereocenters. The minimum Gasteiger partial charge on any atom is -0.393 e. The van der Waals surface area contributed by atoms with Crippen LogP contribution in [0.4, 0.5) is 0 Å². The maximum atomic E-state index is 13.6. The molecule has 6 nitrogen and oxygen atoms in total. The van der Waals surface area contributed by atoms with Crippen molar-refractivity contribution in [2.45, 2.75) is 91.3 Å². The lowest BCUT2D eigenvalue weighted by Gasteiger charge is -2.59. The highest BCUT2D eigenvalue weighted by Gasteiger charge is 2.79. The van der Waals surface area contributed by atoms with Crippen LogP contribution in [-0.2, 0) is 19.1 Å². The average Bonchev–Trinajstić information content (AvgIpc) is 3.05. The molecule has 0 radical (unpaired) electrons. The Kier molecular flexibility index (Phi) is 4.77. The van der Waals surface area contributed by atoms with E-state index >= 15 is 0 Å². The number of hydrogen-bond acceptors (Lipinski definition) is 6. The molecular weight excluding hydrogens is 444 g/mol. The number of fused-ring (bicyclic) bond motifs is 7. The van der Waals surface area contributed by atoms with Gasteiger partial charge in [0.15, 0.2) is 23.5 Å². The number of Topliss-reactive ketones (excluding diaryl/α,β-unsaturated/α-hetero) is 1. The lowest BCUT2D eigenvalue weighted by atomic mass is 9.46. The largest absolute Gasteiger partial charge is 0.393 e. The summed E-state index contributed by atoms with van der Waals surface area (Å²) >= 11 is 0. The fourth-order valence-corrected chi connectivity index (χ4v) is 9.79. The number of rotatable bonds is 3. The van der Waals surface area contributed by atoms with Crippen LogP contribution in [0.15, 0.2) is 23.8 Å². The molecule has 1 aliphatic heterocycles. The Morgan fingerprint density at radius 1 is 1.14 bits per heavy atom. The van der Waals surface area contributed by atoms with E-state index in [-0.39, 0.29) is 51.5 Å². The zero-order chi connectivity index (χ0) is 25.3. The van der Waals surface area contributed by atoms with E-state index in [1.807, 2.05) is 6.08 Å². The zero-order valence-electron chi connectivity index (χ0n) is 21.8. The summed E-state index contributed by atoms with van der Waals surface area (Å²) < 4.78 is 13.4. The van der Waals surface area contributed by atoms with E-state index in [1.54, 1.807) is 12.2 Å². The van der Waals surface area contributed by atoms with Gasteiger partial charge in [-0.25, -0.2) is 0 Å². The van der Waals surface area contributed by atoms with Gasteiger partial charge in [-0.2, -0.15) is 0 Å². The number of carbonyl (C=O) groups is 2. The quantitative estimate of drug-likeness (QED) is 0.636. The van der Waals surface area contributed by atoms with E-state index in [0.717, 1.165) is 18.4 Å². The van der Waals surface area contributed by atoms with Gasteiger partial charge in [0.25, 0.3) is 0 Å². The van der Waals surface area contributed by atoms with Crippen LogP contribution in [0.25, 0.3) is 0 Å². The number of aliphatic hydroxyl groups excluding tert-OH is 2. The Bertz CT molecular complexity index is 1040. The first-order chi connectivity index (χ1) is 16.3. The highest BCUT2D eigenvalue weighted by Crippen LogP contribution is 2.75. The smallest absolute Gasteiger partial charge is 0.193 e. The number of allylic oxidation sites excluding steroid dienone is 4. The second-order valence-corrected chi connectivity index (χ2v) is 13.8. The van der Waals surface area contributed by atoms with Crippen LogP contribution in [0, 0.1) is 45.3 Å². The molecule has 0 aromatic carbocycles. The number of carbonyl (C=O) groups excluding carboxylic acids is 2. The van der Waals surface area contributed by atoms with Gasteiger partial charge in [0, 0.05) is 22.7 Å². The Balaban J connectivity index is 1.39. The average molecular weight is 485 g/mol. The normalized spacial score (nSPS) is 51.2. The predicted octanol–water partition coefficient (Wildman–Crippen LogP) is 3.60. The van der Waals surface area contributed by atoms with Crippen molar-refractivity contribution in [3.05, 3.63) is 23.8 Å². The minimum absolute atomic E-state index is 0.0210. The summed E-state index contributed by atoms with van der Waals surface area (Å²) in [6.45, 7) is 12.5. The molecule has 0 aromatic rings. The molecule has 0 amide bonds. The van der Waals surface area contributed by atoms with Gasteiger partial charge in [-0.05, 0) is 60.5 Å². The Labute approximate surface area is 208 Å². The molecule has 192 valence electrons. The lowest BCUT2D eigenvalue weighted by molar-refractivity contribution is -0.205. The van der Waals surface area contributed by atoms with Crippen molar-refractivity contribution in [1.82, 2.24) is 0 Å². The summed E-state index contributed by atoms with van der Waals surface area (Å²) in [5.74, 6) is 0.148. The van der Waals surface area contributed by atoms with Crippen LogP contribution in [0.1, 0.15) is 67.2 Å². The molecule has 4 saturated carbocycles. The van der Waals surface area contributed by atoms with E-state index in [0.29, 0.717) is 12.8 Å². The fourth-order valence-electron chi connectivity index (χ4n) is 9.79. The van der Waals surface area contributed by atoms with Crippen LogP contribution < -0.4 is 0 Å². The van der Waals surface area contributed by atoms with Crippen LogP contribution in [0.2, 0.25) is 0 Å². The second-order valence-electron chi connectivity index (χ2n) is 13.8. The van der Waals surface area contributed by atoms with Crippen LogP contribution >= 0.6 is 0 Å². The Morgan fingerprint density at radius 2 is 1.83 bits per heavy atom. The molecule has 1 saturated heterocycles. The molecule has 0 spiro atoms. The summed E-state index contributed by atoms with van der Waals surface area (Å²) in [5.41, 5.74) is -1.07. The Hall–Kier alpha value is -1.34. The first-order valence-corrected chi connectivity index (χ1v) is 13.4. The maximum Gasteiger partial charge on any atom is 0.193 e. The molecule has 5 fully saturated rings. The zero-order valence-corrected chi connectivity index (χ0v) is 21.8. The topological polar surface area (TPSA) is 93.1 Å². The van der Waals surface area contributed by atoms with E-state index < -0.39 is 36.1 Å². The summed E-state index contributed by atoms with van der Waals surface area (Å²) in [6, 6.07) is 0. The van der Waals surface area contributed by atoms with Crippen LogP contribution in [-0.4, -0.2) is 52.5 Å². The monoisotopic (exact) mass is 484 g/mol. The molecular formula is C29H40O6. The Morgan fingerprint density at radius 3 is 2.46 bits per heavy atom. The van der Waals surface area contributed by atoms with Gasteiger partial charge in [-0.1, -0.05) is 53.2 Å². The van der Waals surface area contributed by atoms with Gasteiger partial charge >= 0.3 is 0 Å². The third-order valence-electron chi connectivity index (χ3n) is 12.2. The van der Waals surface area contributed by atoms with Crippen molar-refractivity contribution in [1.29, 1.82) is 0 Å². The SMILES string of the molecule is CC1(C)C(C2O[C@@H]3C[C@H]4[C@@H]5CCC6=CC(=O)C=C[C@]6(C)[C@H]5[C@@H](O)C[C@]4(C)[C@]3(C(=O)CO)O2)C1(C)C. The van der Waals surface area contributed by atoms with Crippen LogP contribution in [0.3, 0.4) is 0 Å². The first-order valence-electron chi connectivity index (χ1n) is 13.4. The highest BCUT2D eigenvalue weighted by molar-refractivity contribution is 6.01. The first kappa shape index (κ1) is 24.0. The van der Waals surface area contributed by atoms with Crippen molar-refractivity contribution in [3.8, 4) is 0 Å². The maximum absolute atomic E-state index is 13.6.